The molecule has 3 aromatic carbocycles. The molecule has 3 aliphatic rings. The summed E-state index contributed by atoms with van der Waals surface area (Å²) in [4.78, 5) is 128. The summed E-state index contributed by atoms with van der Waals surface area (Å²) in [5.41, 5.74) is 8.95. The Morgan fingerprint density at radius 2 is 1.42 bits per heavy atom. The second-order valence-electron chi connectivity index (χ2n) is 31.7. The van der Waals surface area contributed by atoms with Crippen molar-refractivity contribution in [3.05, 3.63) is 137 Å². The van der Waals surface area contributed by atoms with Gasteiger partial charge in [0.05, 0.1) is 54.5 Å². The van der Waals surface area contributed by atoms with Gasteiger partial charge in [0.1, 0.15) is 44.8 Å². The number of fused-ring (bicyclic) bond motifs is 2. The zero-order valence-corrected chi connectivity index (χ0v) is 73.3. The molecule has 6 rings (SSSR count). The molecule has 1 saturated heterocycles. The van der Waals surface area contributed by atoms with Crippen LogP contribution in [0.3, 0.4) is 0 Å². The smallest absolute Gasteiger partial charge is 0.407 e. The lowest BCUT2D eigenvalue weighted by molar-refractivity contribution is -0.438. The lowest BCUT2D eigenvalue weighted by atomic mass is 9.81. The molecule has 0 unspecified atom stereocenters. The van der Waals surface area contributed by atoms with Gasteiger partial charge in [-0.05, 0) is 159 Å². The first-order valence-corrected chi connectivity index (χ1v) is 44.5. The number of rotatable bonds is 55. The van der Waals surface area contributed by atoms with Crippen LogP contribution < -0.4 is 31.5 Å². The Labute approximate surface area is 703 Å². The third-order valence-corrected chi connectivity index (χ3v) is 22.6. The highest BCUT2D eigenvalue weighted by Crippen LogP contribution is 2.48. The molecule has 0 aromatic heterocycles. The third kappa shape index (κ3) is 31.8. The molecule has 29 heteroatoms. The van der Waals surface area contributed by atoms with E-state index in [1.807, 2.05) is 89.4 Å². The molecule has 1 fully saturated rings. The summed E-state index contributed by atoms with van der Waals surface area (Å²) in [6.45, 7) is 25.1. The van der Waals surface area contributed by atoms with Gasteiger partial charge in [0, 0.05) is 131 Å². The van der Waals surface area contributed by atoms with E-state index in [1.54, 1.807) is 26.0 Å². The second-order valence-corrected chi connectivity index (χ2v) is 34.1. The van der Waals surface area contributed by atoms with E-state index in [-0.39, 0.29) is 155 Å². The fourth-order valence-electron chi connectivity index (χ4n) is 14.8. The monoisotopic (exact) mass is 1680 g/mol. The van der Waals surface area contributed by atoms with Crippen LogP contribution in [0.15, 0.2) is 119 Å². The Kier molecular flexibility index (Phi) is 41.9. The van der Waals surface area contributed by atoms with Gasteiger partial charge in [-0.15, -0.1) is 0 Å². The number of likely N-dealkylation sites (N-methyl/N-ethyl adjacent to an activating group) is 1. The molecule has 6 amide bonds. The number of likely N-dealkylation sites (tertiary alicyclic amines) is 1. The van der Waals surface area contributed by atoms with Crippen molar-refractivity contribution >= 4 is 97.7 Å². The number of unbranched alkanes of at least 4 members (excludes halogenated alkanes) is 2. The van der Waals surface area contributed by atoms with Crippen LogP contribution in [-0.2, 0) is 94.2 Å². The maximum Gasteiger partial charge on any atom is 0.407 e. The maximum absolute atomic E-state index is 14.0. The van der Waals surface area contributed by atoms with Gasteiger partial charge in [-0.3, -0.25) is 42.9 Å². The van der Waals surface area contributed by atoms with Gasteiger partial charge in [0.25, 0.3) is 10.1 Å². The lowest BCUT2D eigenvalue weighted by Gasteiger charge is -2.27. The number of benzene rings is 3. The average Bonchev–Trinajstić information content (AvgIpc) is 1.60. The van der Waals surface area contributed by atoms with Gasteiger partial charge in [-0.1, -0.05) is 112 Å². The Hall–Kier alpha value is -8.71. The van der Waals surface area contributed by atoms with Crippen molar-refractivity contribution in [2.75, 3.05) is 116 Å². The van der Waals surface area contributed by atoms with Crippen LogP contribution in [0, 0.1) is 18.8 Å². The quantitative estimate of drug-likeness (QED) is 0.00763. The van der Waals surface area contributed by atoms with Crippen molar-refractivity contribution in [3.63, 3.8) is 0 Å². The van der Waals surface area contributed by atoms with E-state index in [4.69, 9.17) is 28.5 Å². The van der Waals surface area contributed by atoms with Gasteiger partial charge < -0.3 is 64.9 Å². The standard InChI is InChI=1S/C89H129N9O18S2/c1-14-90-85(105)64(6)56-79(101)74(61-117-13)94-82(102)35-24-28-68(54-62(3)4)92-86(106)77-31-25-46-98(77)84(104)60-113-48-27-32-78(100)73(57-66-37-39-67(40-38-66)65(7)95-116-49-44-91-87(107)115-53-50-111-12)93-83(103)59-114-52-51-112-47-26-30-69(99)29-20-19-23-45-97-76-43-41-70(118(108,109)110)58-72(76)89(10,11)81(97)34-22-18-16-17-21-33-80-88(8,9)71-55-63(5)36-42-75(71)96(80)15-2/h16-18,21-22,33-34,36-43,55,58,62,64,68,73-74,77H,14-15,19-20,23-32,35,44-54,56-57,59-61H2,1-13H3,(H5-,90,91,92,93,94,102,103,105,106,107,108,109,110)/p+1/b95-65+/t64-,68-,73+,74+,77+/m1/s1. The largest absolute Gasteiger partial charge is 0.447 e. The Morgan fingerprint density at radius 1 is 0.720 bits per heavy atom. The summed E-state index contributed by atoms with van der Waals surface area (Å²) in [6, 6.07) is 16.0. The normalized spacial score (nSPS) is 16.5. The summed E-state index contributed by atoms with van der Waals surface area (Å²) in [6.07, 6.45) is 22.2. The van der Waals surface area contributed by atoms with Crippen LogP contribution in [0.4, 0.5) is 16.2 Å². The van der Waals surface area contributed by atoms with Crippen LogP contribution in [-0.4, -0.2) is 222 Å². The number of oxime groups is 1. The van der Waals surface area contributed by atoms with Crippen molar-refractivity contribution in [3.8, 4) is 0 Å². The number of hydrogen-bond acceptors (Lipinski definition) is 20. The molecule has 3 aromatic rings. The van der Waals surface area contributed by atoms with Gasteiger partial charge in [-0.25, -0.2) is 4.79 Å². The SMILES string of the molecule is CCNC(=O)[C@H](C)CC(=O)[C@H](CSC)NC(=O)CCC[C@H](CC(C)C)NC(=O)[C@@H]1CCCN1C(=O)COCCCC(=O)[C@H](Cc1ccc(/C(C)=N/OCCNC(=O)OCCOC)cc1)NC(=O)COCCOCCCC(=O)CCCCC[N+]1=C(C=CC=CC=CC=C2N(CC)c3ccc(C)cc3C2(C)C)C(C)(C)c2cc(S(=O)(=O)O)ccc21. The average molecular weight is 1680 g/mol. The van der Waals surface area contributed by atoms with Crippen LogP contribution >= 0.6 is 11.8 Å². The van der Waals surface area contributed by atoms with Crippen molar-refractivity contribution < 1.29 is 89.2 Å². The van der Waals surface area contributed by atoms with Crippen LogP contribution in [0.1, 0.15) is 193 Å². The number of aryl methyl sites for hydroxylation is 1. The number of nitrogens with zero attached hydrogens (tertiary/aromatic N) is 4. The number of ether oxygens (including phenoxy) is 5. The number of carbonyl (C=O) groups is 9. The van der Waals surface area contributed by atoms with E-state index in [1.165, 1.54) is 52.3 Å². The van der Waals surface area contributed by atoms with Crippen LogP contribution in [0.2, 0.25) is 0 Å². The first kappa shape index (κ1) is 98.1. The predicted octanol–water partition coefficient (Wildman–Crippen LogP) is 11.4. The minimum Gasteiger partial charge on any atom is -0.447 e. The van der Waals surface area contributed by atoms with Gasteiger partial charge >= 0.3 is 6.09 Å². The Morgan fingerprint density at radius 3 is 2.14 bits per heavy atom. The molecule has 0 saturated carbocycles. The molecule has 6 N–H and O–H groups in total. The number of ketones is 3. The summed E-state index contributed by atoms with van der Waals surface area (Å²) in [5, 5.41) is 18.3. The minimum absolute atomic E-state index is 0.00256. The Bertz CT molecular complexity index is 4150. The summed E-state index contributed by atoms with van der Waals surface area (Å²) >= 11 is 1.43. The summed E-state index contributed by atoms with van der Waals surface area (Å²) < 4.78 is 63.9. The highest BCUT2D eigenvalue weighted by molar-refractivity contribution is 7.98. The second kappa shape index (κ2) is 50.4. The van der Waals surface area contributed by atoms with Gasteiger partial charge in [-0.2, -0.15) is 24.8 Å². The molecule has 118 heavy (non-hydrogen) atoms. The molecule has 3 heterocycles. The van der Waals surface area contributed by atoms with Gasteiger partial charge in [0.2, 0.25) is 35.2 Å². The lowest BCUT2D eigenvalue weighted by Crippen LogP contribution is -2.50. The zero-order chi connectivity index (χ0) is 86.4. The first-order chi connectivity index (χ1) is 56.3. The number of allylic oxidation sites excluding steroid dienone is 8. The molecule has 3 aliphatic heterocycles. The van der Waals surface area contributed by atoms with E-state index < -0.39 is 51.6 Å². The molecule has 650 valence electrons. The van der Waals surface area contributed by atoms with Crippen molar-refractivity contribution in [1.29, 1.82) is 0 Å². The van der Waals surface area contributed by atoms with Crippen molar-refractivity contribution in [1.82, 2.24) is 31.5 Å². The number of nitrogens with one attached hydrogen (secondary N) is 5. The number of thioether (sulfide) groups is 1. The van der Waals surface area contributed by atoms with Crippen molar-refractivity contribution in [2.45, 2.75) is 219 Å². The van der Waals surface area contributed by atoms with E-state index in [0.717, 1.165) is 47.5 Å². The van der Waals surface area contributed by atoms with Crippen LogP contribution in [0.25, 0.3) is 0 Å². The molecule has 0 spiro atoms. The number of anilines is 1. The fraction of sp³-hybridized carbons (Fsp3) is 0.584. The van der Waals surface area contributed by atoms with E-state index in [2.05, 4.69) is 105 Å². The van der Waals surface area contributed by atoms with E-state index >= 15 is 0 Å². The number of methoxy groups -OCH3 is 1. The minimum atomic E-state index is -4.44. The van der Waals surface area contributed by atoms with E-state index in [9.17, 15) is 56.1 Å². The maximum atomic E-state index is 14.0. The third-order valence-electron chi connectivity index (χ3n) is 21.1. The molecule has 27 nitrogen and oxygen atoms in total. The molecular weight excluding hydrogens is 1550 g/mol. The molecule has 0 radical (unpaired) electrons. The van der Waals surface area contributed by atoms with Crippen molar-refractivity contribution in [2.24, 2.45) is 17.0 Å². The molecule has 0 aliphatic carbocycles. The number of Topliss-reactive ketones (excluding diaryl/α,β-unsaturated/α-hetero) is 3. The first-order valence-electron chi connectivity index (χ1n) is 41.6. The topological polar surface area (TPSA) is 345 Å². The fourth-order valence-corrected chi connectivity index (χ4v) is 16.0. The number of hydrogen-bond donors (Lipinski definition) is 6. The van der Waals surface area contributed by atoms with Crippen LogP contribution in [0.5, 0.6) is 0 Å². The van der Waals surface area contributed by atoms with Gasteiger partial charge in [0.15, 0.2) is 17.3 Å². The highest BCUT2D eigenvalue weighted by atomic mass is 32.2. The molecule has 0 bridgehead atoms. The highest BCUT2D eigenvalue weighted by Gasteiger charge is 2.45. The zero-order valence-electron chi connectivity index (χ0n) is 71.7. The number of carbonyl (C=O) groups excluding carboxylic acids is 9. The molecular formula is C89H130N9O18S2+. The summed E-state index contributed by atoms with van der Waals surface area (Å²) in [7, 11) is -2.94. The molecule has 5 atom stereocenters. The van der Waals surface area contributed by atoms with E-state index in [0.29, 0.717) is 95.5 Å². The summed E-state index contributed by atoms with van der Waals surface area (Å²) in [5.74, 6) is -1.98. The number of amides is 6. The Balaban J connectivity index is 0.944. The predicted molar refractivity (Wildman–Crippen MR) is 460 cm³/mol. The number of alkyl carbamates (subject to hydrolysis) is 1.